The first-order valence-electron chi connectivity index (χ1n) is 7.11. The number of nitrogens with one attached hydrogen (secondary N) is 2. The molecule has 0 saturated heterocycles. The van der Waals surface area contributed by atoms with Crippen molar-refractivity contribution in [3.8, 4) is 0 Å². The summed E-state index contributed by atoms with van der Waals surface area (Å²) in [5.74, 6) is -2.71. The minimum Gasteiger partial charge on any atom is -0.391 e. The molecule has 22 heavy (non-hydrogen) atoms. The molecule has 1 aromatic carbocycles. The average molecular weight is 331 g/mol. The Morgan fingerprint density at radius 1 is 1.27 bits per heavy atom. The summed E-state index contributed by atoms with van der Waals surface area (Å²) in [6, 6.07) is 4.08. The van der Waals surface area contributed by atoms with Gasteiger partial charge >= 0.3 is 11.8 Å². The normalized spacial score (nSPS) is 12.1. The zero-order chi connectivity index (χ0) is 16.7. The van der Waals surface area contributed by atoms with Crippen molar-refractivity contribution in [2.45, 2.75) is 32.8 Å². The van der Waals surface area contributed by atoms with Crippen LogP contribution in [0.4, 0.5) is 10.1 Å². The van der Waals surface area contributed by atoms with Crippen LogP contribution in [-0.4, -0.2) is 29.6 Å². The first-order valence-corrected chi connectivity index (χ1v) is 7.49. The van der Waals surface area contributed by atoms with Gasteiger partial charge in [-0.3, -0.25) is 9.59 Å². The molecule has 1 aromatic rings. The molecule has 0 saturated carbocycles. The van der Waals surface area contributed by atoms with Gasteiger partial charge in [-0.25, -0.2) is 4.39 Å². The molecule has 0 radical (unpaired) electrons. The maximum Gasteiger partial charge on any atom is 0.313 e. The number of halogens is 2. The van der Waals surface area contributed by atoms with Crippen LogP contribution in [0.5, 0.6) is 0 Å². The number of hydrogen-bond acceptors (Lipinski definition) is 3. The van der Waals surface area contributed by atoms with Crippen molar-refractivity contribution in [3.05, 3.63) is 29.0 Å². The predicted molar refractivity (Wildman–Crippen MR) is 83.1 cm³/mol. The van der Waals surface area contributed by atoms with Gasteiger partial charge in [-0.15, -0.1) is 0 Å². The molecule has 5 nitrogen and oxygen atoms in total. The molecule has 0 aliphatic rings. The fourth-order valence-corrected chi connectivity index (χ4v) is 2.23. The van der Waals surface area contributed by atoms with Gasteiger partial charge in [0.1, 0.15) is 0 Å². The van der Waals surface area contributed by atoms with Crippen LogP contribution in [0.1, 0.15) is 26.7 Å². The highest BCUT2D eigenvalue weighted by Crippen LogP contribution is 2.21. The highest BCUT2D eigenvalue weighted by molar-refractivity contribution is 6.39. The lowest BCUT2D eigenvalue weighted by Gasteiger charge is -2.20. The van der Waals surface area contributed by atoms with E-state index in [1.54, 1.807) is 0 Å². The Bertz CT molecular complexity index is 536. The van der Waals surface area contributed by atoms with Gasteiger partial charge in [-0.2, -0.15) is 0 Å². The number of benzene rings is 1. The van der Waals surface area contributed by atoms with Crippen molar-refractivity contribution in [2.24, 2.45) is 5.92 Å². The molecule has 0 aliphatic heterocycles. The zero-order valence-corrected chi connectivity index (χ0v) is 13.3. The summed E-state index contributed by atoms with van der Waals surface area (Å²) in [5, 5.41) is 14.2. The molecule has 0 spiro atoms. The summed E-state index contributed by atoms with van der Waals surface area (Å²) in [7, 11) is 0. The van der Waals surface area contributed by atoms with Crippen LogP contribution in [0.3, 0.4) is 0 Å². The smallest absolute Gasteiger partial charge is 0.313 e. The van der Waals surface area contributed by atoms with Crippen molar-refractivity contribution in [3.63, 3.8) is 0 Å². The van der Waals surface area contributed by atoms with E-state index in [1.165, 1.54) is 18.2 Å². The third-order valence-corrected chi connectivity index (χ3v) is 3.76. The van der Waals surface area contributed by atoms with E-state index in [4.69, 9.17) is 11.6 Å². The first kappa shape index (κ1) is 18.4. The number of rotatable bonds is 6. The average Bonchev–Trinajstić information content (AvgIpc) is 2.50. The summed E-state index contributed by atoms with van der Waals surface area (Å²) >= 11 is 5.59. The second-order valence-corrected chi connectivity index (χ2v) is 5.32. The second kappa shape index (κ2) is 8.70. The molecule has 3 N–H and O–H groups in total. The van der Waals surface area contributed by atoms with Crippen LogP contribution in [0, 0.1) is 11.7 Å². The lowest BCUT2D eigenvalue weighted by Crippen LogP contribution is -2.41. The predicted octanol–water partition coefficient (Wildman–Crippen LogP) is 2.33. The Hall–Kier alpha value is -1.66. The topological polar surface area (TPSA) is 78.4 Å². The van der Waals surface area contributed by atoms with Crippen LogP contribution in [0.15, 0.2) is 18.2 Å². The molecule has 7 heteroatoms. The van der Waals surface area contributed by atoms with Crippen LogP contribution >= 0.6 is 11.6 Å². The highest BCUT2D eigenvalue weighted by atomic mass is 35.5. The number of aliphatic hydroxyl groups is 1. The Morgan fingerprint density at radius 3 is 2.50 bits per heavy atom. The van der Waals surface area contributed by atoms with Crippen molar-refractivity contribution in [1.82, 2.24) is 5.32 Å². The summed E-state index contributed by atoms with van der Waals surface area (Å²) in [4.78, 5) is 23.3. The SMILES string of the molecule is CCC(CC)C(O)CNC(=O)C(=O)Nc1cccc(Cl)c1F. The van der Waals surface area contributed by atoms with Crippen LogP contribution < -0.4 is 10.6 Å². The fourth-order valence-electron chi connectivity index (χ4n) is 2.06. The van der Waals surface area contributed by atoms with Crippen molar-refractivity contribution in [2.75, 3.05) is 11.9 Å². The third-order valence-electron chi connectivity index (χ3n) is 3.47. The van der Waals surface area contributed by atoms with Crippen molar-refractivity contribution >= 4 is 29.1 Å². The Morgan fingerprint density at radius 2 is 1.91 bits per heavy atom. The maximum atomic E-state index is 13.6. The fraction of sp³-hybridized carbons (Fsp3) is 0.467. The molecule has 0 bridgehead atoms. The van der Waals surface area contributed by atoms with Crippen LogP contribution in [0.2, 0.25) is 5.02 Å². The Kier molecular flexibility index (Phi) is 7.27. The molecule has 1 rings (SSSR count). The van der Waals surface area contributed by atoms with Crippen molar-refractivity contribution < 1.29 is 19.1 Å². The third kappa shape index (κ3) is 4.96. The summed E-state index contributed by atoms with van der Waals surface area (Å²) < 4.78 is 13.6. The molecule has 0 fully saturated rings. The van der Waals surface area contributed by atoms with E-state index >= 15 is 0 Å². The minimum atomic E-state index is -1.02. The quantitative estimate of drug-likeness (QED) is 0.700. The van der Waals surface area contributed by atoms with Gasteiger partial charge in [0.15, 0.2) is 5.82 Å². The number of hydrogen-bond donors (Lipinski definition) is 3. The van der Waals surface area contributed by atoms with E-state index < -0.39 is 23.7 Å². The minimum absolute atomic E-state index is 0.0311. The van der Waals surface area contributed by atoms with Crippen LogP contribution in [-0.2, 0) is 9.59 Å². The molecule has 1 atom stereocenters. The Balaban J connectivity index is 2.56. The molecule has 1 unspecified atom stereocenters. The standard InChI is InChI=1S/C15H20ClFN2O3/c1-3-9(4-2)12(20)8-18-14(21)15(22)19-11-7-5-6-10(16)13(11)17/h5-7,9,12,20H,3-4,8H2,1-2H3,(H,18,21)(H,19,22). The molecule has 0 aromatic heterocycles. The number of anilines is 1. The van der Waals surface area contributed by atoms with Gasteiger partial charge in [0.2, 0.25) is 0 Å². The summed E-state index contributed by atoms with van der Waals surface area (Å²) in [6.07, 6.45) is 0.815. The monoisotopic (exact) mass is 330 g/mol. The number of carbonyl (C=O) groups is 2. The van der Waals surface area contributed by atoms with E-state index in [0.717, 1.165) is 12.8 Å². The molecule has 122 valence electrons. The van der Waals surface area contributed by atoms with Crippen molar-refractivity contribution in [1.29, 1.82) is 0 Å². The van der Waals surface area contributed by atoms with Gasteiger partial charge in [0.25, 0.3) is 0 Å². The van der Waals surface area contributed by atoms with E-state index in [9.17, 15) is 19.1 Å². The molecule has 0 aliphatic carbocycles. The summed E-state index contributed by atoms with van der Waals surface area (Å²) in [6.45, 7) is 3.85. The molecule has 2 amide bonds. The number of carbonyl (C=O) groups excluding carboxylic acids is 2. The Labute approximate surface area is 133 Å². The van der Waals surface area contributed by atoms with Gasteiger partial charge in [0.05, 0.1) is 16.8 Å². The molecular weight excluding hydrogens is 311 g/mol. The lowest BCUT2D eigenvalue weighted by atomic mass is 9.96. The van der Waals surface area contributed by atoms with E-state index in [0.29, 0.717) is 0 Å². The van der Waals surface area contributed by atoms with Gasteiger partial charge < -0.3 is 15.7 Å². The van der Waals surface area contributed by atoms with E-state index in [-0.39, 0.29) is 23.2 Å². The highest BCUT2D eigenvalue weighted by Gasteiger charge is 2.20. The lowest BCUT2D eigenvalue weighted by molar-refractivity contribution is -0.136. The van der Waals surface area contributed by atoms with E-state index in [2.05, 4.69) is 10.6 Å². The van der Waals surface area contributed by atoms with Gasteiger partial charge in [0, 0.05) is 6.54 Å². The maximum absolute atomic E-state index is 13.6. The summed E-state index contributed by atoms with van der Waals surface area (Å²) in [5.41, 5.74) is -0.173. The second-order valence-electron chi connectivity index (χ2n) is 4.91. The van der Waals surface area contributed by atoms with Crippen LogP contribution in [0.25, 0.3) is 0 Å². The number of amides is 2. The van der Waals surface area contributed by atoms with Gasteiger partial charge in [-0.1, -0.05) is 44.4 Å². The van der Waals surface area contributed by atoms with E-state index in [1.807, 2.05) is 13.8 Å². The zero-order valence-electron chi connectivity index (χ0n) is 12.5. The molecule has 0 heterocycles. The number of aliphatic hydroxyl groups excluding tert-OH is 1. The molecular formula is C15H20ClFN2O3. The largest absolute Gasteiger partial charge is 0.391 e. The van der Waals surface area contributed by atoms with Gasteiger partial charge in [-0.05, 0) is 18.1 Å². The first-order chi connectivity index (χ1) is 10.4.